The van der Waals surface area contributed by atoms with Crippen molar-refractivity contribution >= 4 is 17.7 Å². The van der Waals surface area contributed by atoms with Crippen LogP contribution in [0.1, 0.15) is 82.5 Å². The maximum absolute atomic E-state index is 13.0. The van der Waals surface area contributed by atoms with E-state index in [1.54, 1.807) is 24.3 Å². The fraction of sp³-hybridized carbons (Fsp3) is 0.229. The largest absolute Gasteiger partial charge is 0.519 e. The zero-order chi connectivity index (χ0) is 30.1. The van der Waals surface area contributed by atoms with Crippen molar-refractivity contribution in [3.63, 3.8) is 0 Å². The average molecular weight is 567 g/mol. The molecule has 0 aliphatic carbocycles. The summed E-state index contributed by atoms with van der Waals surface area (Å²) < 4.78 is 10.5. The van der Waals surface area contributed by atoms with Crippen LogP contribution < -0.4 is 9.47 Å². The summed E-state index contributed by atoms with van der Waals surface area (Å²) in [7, 11) is 0. The van der Waals surface area contributed by atoms with Crippen molar-refractivity contribution in [1.29, 1.82) is 0 Å². The first-order valence-electron chi connectivity index (χ1n) is 14.1. The van der Waals surface area contributed by atoms with Gasteiger partial charge in [-0.1, -0.05) is 51.0 Å². The van der Waals surface area contributed by atoms with Crippen molar-refractivity contribution in [1.82, 2.24) is 0 Å². The van der Waals surface area contributed by atoms with E-state index >= 15 is 0 Å². The highest BCUT2D eigenvalue weighted by Gasteiger charge is 2.18. The number of carbonyl (C=O) groups is 3. The summed E-state index contributed by atoms with van der Waals surface area (Å²) in [4.78, 5) is 38.3. The second-order valence-corrected chi connectivity index (χ2v) is 9.99. The molecule has 0 heterocycles. The van der Waals surface area contributed by atoms with E-state index in [1.165, 1.54) is 48.5 Å². The molecule has 0 saturated heterocycles. The summed E-state index contributed by atoms with van der Waals surface area (Å²) in [6.45, 7) is 4.12. The van der Waals surface area contributed by atoms with Crippen molar-refractivity contribution in [3.05, 3.63) is 118 Å². The van der Waals surface area contributed by atoms with Crippen molar-refractivity contribution < 1.29 is 34.1 Å². The smallest absolute Gasteiger partial charge is 0.507 e. The SMILES string of the molecule is CCCCc1cccc(C(=O)c2ccc(OC(=O)Oc3ccc(C(=O)c4cccc(CCCC)c4O)cc3)cc2)c1O. The maximum atomic E-state index is 13.0. The third kappa shape index (κ3) is 7.23. The van der Waals surface area contributed by atoms with Gasteiger partial charge in [-0.05, 0) is 97.5 Å². The molecule has 0 amide bonds. The van der Waals surface area contributed by atoms with Gasteiger partial charge in [0.25, 0.3) is 0 Å². The number of carbonyl (C=O) groups excluding carboxylic acids is 3. The highest BCUT2D eigenvalue weighted by molar-refractivity contribution is 6.11. The first-order chi connectivity index (χ1) is 20.3. The summed E-state index contributed by atoms with van der Waals surface area (Å²) in [6, 6.07) is 22.2. The van der Waals surface area contributed by atoms with Crippen molar-refractivity contribution in [2.24, 2.45) is 0 Å². The van der Waals surface area contributed by atoms with E-state index in [0.29, 0.717) is 24.0 Å². The van der Waals surface area contributed by atoms with Crippen LogP contribution >= 0.6 is 0 Å². The second kappa shape index (κ2) is 14.1. The molecule has 7 heteroatoms. The van der Waals surface area contributed by atoms with Gasteiger partial charge in [0.2, 0.25) is 0 Å². The van der Waals surface area contributed by atoms with Crippen molar-refractivity contribution in [2.75, 3.05) is 0 Å². The summed E-state index contributed by atoms with van der Waals surface area (Å²) >= 11 is 0. The molecular formula is C35H34O7. The van der Waals surface area contributed by atoms with Gasteiger partial charge < -0.3 is 19.7 Å². The minimum atomic E-state index is -0.990. The van der Waals surface area contributed by atoms with Crippen LogP contribution in [0.15, 0.2) is 84.9 Å². The van der Waals surface area contributed by atoms with Crippen LogP contribution in [-0.4, -0.2) is 27.9 Å². The number of aromatic hydroxyl groups is 2. The zero-order valence-electron chi connectivity index (χ0n) is 23.8. The fourth-order valence-electron chi connectivity index (χ4n) is 4.56. The molecule has 0 atom stereocenters. The molecule has 42 heavy (non-hydrogen) atoms. The summed E-state index contributed by atoms with van der Waals surface area (Å²) in [5.74, 6) is -0.355. The van der Waals surface area contributed by atoms with Gasteiger partial charge in [-0.15, -0.1) is 0 Å². The third-order valence-electron chi connectivity index (χ3n) is 6.96. The van der Waals surface area contributed by atoms with Crippen LogP contribution in [-0.2, 0) is 12.8 Å². The molecule has 0 radical (unpaired) electrons. The lowest BCUT2D eigenvalue weighted by Gasteiger charge is -2.10. The number of hydrogen-bond donors (Lipinski definition) is 2. The number of unbranched alkanes of at least 4 members (excludes halogenated alkanes) is 2. The van der Waals surface area contributed by atoms with Gasteiger partial charge in [0, 0.05) is 11.1 Å². The average Bonchev–Trinajstić information content (AvgIpc) is 3.00. The molecule has 0 spiro atoms. The van der Waals surface area contributed by atoms with Gasteiger partial charge >= 0.3 is 6.16 Å². The molecule has 216 valence electrons. The normalized spacial score (nSPS) is 10.7. The number of phenols is 2. The number of rotatable bonds is 12. The topological polar surface area (TPSA) is 110 Å². The Balaban J connectivity index is 1.36. The van der Waals surface area contributed by atoms with E-state index in [2.05, 4.69) is 13.8 Å². The summed E-state index contributed by atoms with van der Waals surface area (Å²) in [6.07, 6.45) is 4.16. The monoisotopic (exact) mass is 566 g/mol. The minimum absolute atomic E-state index is 0.00938. The van der Waals surface area contributed by atoms with Crippen LogP contribution in [0.5, 0.6) is 23.0 Å². The Hall–Kier alpha value is -4.91. The number of para-hydroxylation sites is 2. The molecule has 2 N–H and O–H groups in total. The lowest BCUT2D eigenvalue weighted by molar-refractivity contribution is 0.102. The van der Waals surface area contributed by atoms with Gasteiger partial charge in [0.15, 0.2) is 11.6 Å². The number of hydrogen-bond acceptors (Lipinski definition) is 7. The number of ether oxygens (including phenoxy) is 2. The molecule has 4 aromatic carbocycles. The predicted molar refractivity (Wildman–Crippen MR) is 160 cm³/mol. The van der Waals surface area contributed by atoms with Crippen LogP contribution in [0.25, 0.3) is 0 Å². The molecule has 0 aliphatic rings. The molecule has 0 aliphatic heterocycles. The van der Waals surface area contributed by atoms with Gasteiger partial charge in [-0.3, -0.25) is 9.59 Å². The van der Waals surface area contributed by atoms with E-state index < -0.39 is 6.16 Å². The van der Waals surface area contributed by atoms with Gasteiger partial charge in [-0.2, -0.15) is 0 Å². The van der Waals surface area contributed by atoms with Gasteiger partial charge in [0.05, 0.1) is 11.1 Å². The number of ketones is 2. The van der Waals surface area contributed by atoms with Crippen LogP contribution in [0.4, 0.5) is 4.79 Å². The molecule has 0 unspecified atom stereocenters. The first kappa shape index (κ1) is 30.1. The minimum Gasteiger partial charge on any atom is -0.507 e. The third-order valence-corrected chi connectivity index (χ3v) is 6.96. The highest BCUT2D eigenvalue weighted by Crippen LogP contribution is 2.28. The Bertz CT molecular complexity index is 1440. The van der Waals surface area contributed by atoms with E-state index in [0.717, 1.165) is 36.8 Å². The molecular weight excluding hydrogens is 532 g/mol. The standard InChI is InChI=1S/C35H34O7/c1-3-5-9-23-11-7-13-29(31(23)36)33(38)25-15-19-27(20-16-25)41-35(40)42-28-21-17-26(18-22-28)34(39)30-14-8-12-24(32(30)37)10-6-4-2/h7-8,11-22,36-37H,3-6,9-10H2,1-2H3. The zero-order valence-corrected chi connectivity index (χ0v) is 23.8. The van der Waals surface area contributed by atoms with Crippen molar-refractivity contribution in [3.8, 4) is 23.0 Å². The van der Waals surface area contributed by atoms with E-state index in [4.69, 9.17) is 9.47 Å². The molecule has 0 aromatic heterocycles. The molecule has 4 rings (SSSR count). The Labute approximate surface area is 245 Å². The Morgan fingerprint density at radius 1 is 0.571 bits per heavy atom. The Morgan fingerprint density at radius 2 is 0.952 bits per heavy atom. The fourth-order valence-corrected chi connectivity index (χ4v) is 4.56. The van der Waals surface area contributed by atoms with Gasteiger partial charge in [0.1, 0.15) is 23.0 Å². The highest BCUT2D eigenvalue weighted by atomic mass is 16.7. The van der Waals surface area contributed by atoms with Gasteiger partial charge in [-0.25, -0.2) is 4.79 Å². The molecule has 0 bridgehead atoms. The first-order valence-corrected chi connectivity index (χ1v) is 14.1. The van der Waals surface area contributed by atoms with E-state index in [-0.39, 0.29) is 45.7 Å². The lowest BCUT2D eigenvalue weighted by Crippen LogP contribution is -2.14. The number of benzene rings is 4. The molecule has 7 nitrogen and oxygen atoms in total. The number of phenolic OH excluding ortho intramolecular Hbond substituents is 2. The van der Waals surface area contributed by atoms with Crippen LogP contribution in [0, 0.1) is 0 Å². The Kier molecular flexibility index (Phi) is 10.1. The number of aryl methyl sites for hydroxylation is 2. The predicted octanol–water partition coefficient (Wildman–Crippen LogP) is 7.82. The van der Waals surface area contributed by atoms with E-state index in [1.807, 2.05) is 12.1 Å². The van der Waals surface area contributed by atoms with Crippen LogP contribution in [0.3, 0.4) is 0 Å². The van der Waals surface area contributed by atoms with E-state index in [9.17, 15) is 24.6 Å². The molecule has 4 aromatic rings. The molecule has 0 saturated carbocycles. The molecule has 0 fully saturated rings. The quantitative estimate of drug-likeness (QED) is 0.102. The Morgan fingerprint density at radius 3 is 1.31 bits per heavy atom. The van der Waals surface area contributed by atoms with Crippen molar-refractivity contribution in [2.45, 2.75) is 52.4 Å². The lowest BCUT2D eigenvalue weighted by atomic mass is 9.98. The second-order valence-electron chi connectivity index (χ2n) is 9.99. The summed E-state index contributed by atoms with van der Waals surface area (Å²) in [5, 5.41) is 21.2. The summed E-state index contributed by atoms with van der Waals surface area (Å²) in [5.41, 5.74) is 2.58. The maximum Gasteiger partial charge on any atom is 0.519 e. The van der Waals surface area contributed by atoms with Crippen LogP contribution in [0.2, 0.25) is 0 Å².